The van der Waals surface area contributed by atoms with Crippen LogP contribution in [0.4, 0.5) is 5.69 Å². The number of carbonyl (C=O) groups excluding carboxylic acids is 1. The van der Waals surface area contributed by atoms with Crippen LogP contribution >= 0.6 is 23.5 Å². The molecule has 0 unspecified atom stereocenters. The summed E-state index contributed by atoms with van der Waals surface area (Å²) in [5.74, 6) is -0.0900. The third kappa shape index (κ3) is 5.41. The summed E-state index contributed by atoms with van der Waals surface area (Å²) in [6.45, 7) is 3.26. The third-order valence-corrected chi connectivity index (χ3v) is 6.82. The predicted molar refractivity (Wildman–Crippen MR) is 118 cm³/mol. The van der Waals surface area contributed by atoms with Gasteiger partial charge in [0.25, 0.3) is 0 Å². The molecule has 2 atom stereocenters. The van der Waals surface area contributed by atoms with E-state index < -0.39 is 0 Å². The first-order valence-electron chi connectivity index (χ1n) is 9.86. The number of nitrogens with one attached hydrogen (secondary N) is 1. The molecule has 7 nitrogen and oxygen atoms in total. The van der Waals surface area contributed by atoms with E-state index in [1.54, 1.807) is 16.4 Å². The molecule has 9 heteroatoms. The lowest BCUT2D eigenvalue weighted by atomic mass is 10.2. The summed E-state index contributed by atoms with van der Waals surface area (Å²) < 4.78 is 7.39. The van der Waals surface area contributed by atoms with Crippen molar-refractivity contribution in [2.45, 2.75) is 52.6 Å². The lowest BCUT2D eigenvalue weighted by molar-refractivity contribution is -0.115. The minimum absolute atomic E-state index is 0.0900. The van der Waals surface area contributed by atoms with Crippen LogP contribution < -0.4 is 5.32 Å². The van der Waals surface area contributed by atoms with Crippen molar-refractivity contribution < 1.29 is 9.53 Å². The van der Waals surface area contributed by atoms with Crippen molar-refractivity contribution in [2.24, 2.45) is 0 Å². The maximum absolute atomic E-state index is 12.9. The number of tetrazole rings is 1. The van der Waals surface area contributed by atoms with Crippen LogP contribution in [0, 0.1) is 0 Å². The molecular formula is C21H23N5O2S2. The van der Waals surface area contributed by atoms with E-state index in [9.17, 15) is 4.79 Å². The molecule has 2 heterocycles. The maximum atomic E-state index is 12.9. The molecule has 4 rings (SSSR count). The molecule has 3 aromatic rings. The summed E-state index contributed by atoms with van der Waals surface area (Å²) in [6.07, 6.45) is 2.21. The smallest absolute Gasteiger partial charge is 0.237 e. The van der Waals surface area contributed by atoms with Crippen LogP contribution in [0.5, 0.6) is 0 Å². The molecule has 30 heavy (non-hydrogen) atoms. The fourth-order valence-corrected chi connectivity index (χ4v) is 4.82. The number of para-hydroxylation sites is 1. The standard InChI is InChI=1S/C21H23N5O2S2/c1-15(29-21-23-24-25-26(21)14-16-8-7-13-28-16)20(27)22-18-11-5-6-12-19(18)30-17-9-3-2-4-10-17/h2-6,9-12,15-16H,7-8,13-14H2,1H3,(H,22,27)/t15-,16+/m0/s1. The zero-order chi connectivity index (χ0) is 20.8. The molecule has 1 fully saturated rings. The monoisotopic (exact) mass is 441 g/mol. The van der Waals surface area contributed by atoms with Gasteiger partial charge in [-0.05, 0) is 54.5 Å². The Kier molecular flexibility index (Phi) is 7.03. The number of benzene rings is 2. The first-order chi connectivity index (χ1) is 14.7. The number of thioether (sulfide) groups is 1. The Balaban J connectivity index is 1.39. The second-order valence-corrected chi connectivity index (χ2v) is 9.36. The number of nitrogens with zero attached hydrogens (tertiary/aromatic N) is 4. The summed E-state index contributed by atoms with van der Waals surface area (Å²) >= 11 is 2.97. The van der Waals surface area contributed by atoms with E-state index in [0.717, 1.165) is 34.9 Å². The number of ether oxygens (including phenoxy) is 1. The summed E-state index contributed by atoms with van der Waals surface area (Å²) in [6, 6.07) is 17.9. The topological polar surface area (TPSA) is 81.9 Å². The Labute approximate surface area is 184 Å². The largest absolute Gasteiger partial charge is 0.376 e. The van der Waals surface area contributed by atoms with E-state index in [4.69, 9.17) is 4.74 Å². The van der Waals surface area contributed by atoms with Crippen molar-refractivity contribution in [1.29, 1.82) is 0 Å². The van der Waals surface area contributed by atoms with Crippen molar-refractivity contribution in [3.05, 3.63) is 54.6 Å². The van der Waals surface area contributed by atoms with Crippen LogP contribution in [0.2, 0.25) is 0 Å². The minimum atomic E-state index is -0.353. The Hall–Kier alpha value is -2.36. The molecule has 0 bridgehead atoms. The second kappa shape index (κ2) is 10.1. The fraction of sp³-hybridized carbons (Fsp3) is 0.333. The van der Waals surface area contributed by atoms with E-state index in [1.807, 2.05) is 49.4 Å². The predicted octanol–water partition coefficient (Wildman–Crippen LogP) is 4.12. The van der Waals surface area contributed by atoms with Crippen LogP contribution in [0.15, 0.2) is 69.5 Å². The van der Waals surface area contributed by atoms with Gasteiger partial charge in [-0.15, -0.1) is 5.10 Å². The van der Waals surface area contributed by atoms with Gasteiger partial charge < -0.3 is 10.1 Å². The van der Waals surface area contributed by atoms with E-state index in [0.29, 0.717) is 11.7 Å². The van der Waals surface area contributed by atoms with E-state index >= 15 is 0 Å². The van der Waals surface area contributed by atoms with Gasteiger partial charge in [-0.25, -0.2) is 4.68 Å². The molecule has 0 aliphatic carbocycles. The molecule has 1 amide bonds. The number of rotatable bonds is 8. The zero-order valence-electron chi connectivity index (χ0n) is 16.6. The van der Waals surface area contributed by atoms with Gasteiger partial charge in [-0.1, -0.05) is 53.9 Å². The Morgan fingerprint density at radius 3 is 2.83 bits per heavy atom. The SMILES string of the molecule is C[C@H](Sc1nnnn1C[C@H]1CCCO1)C(=O)Nc1ccccc1Sc1ccccc1. The molecule has 1 saturated heterocycles. The number of carbonyl (C=O) groups is 1. The molecular weight excluding hydrogens is 418 g/mol. The van der Waals surface area contributed by atoms with Crippen molar-refractivity contribution in [3.8, 4) is 0 Å². The summed E-state index contributed by atoms with van der Waals surface area (Å²) in [7, 11) is 0. The van der Waals surface area contributed by atoms with Crippen LogP contribution in [-0.4, -0.2) is 44.1 Å². The number of anilines is 1. The molecule has 1 aliphatic rings. The average molecular weight is 442 g/mol. The quantitative estimate of drug-likeness (QED) is 0.527. The number of aromatic nitrogens is 4. The van der Waals surface area contributed by atoms with Gasteiger partial charge in [0.1, 0.15) is 0 Å². The van der Waals surface area contributed by atoms with E-state index in [1.165, 1.54) is 11.8 Å². The van der Waals surface area contributed by atoms with Gasteiger partial charge in [0.2, 0.25) is 11.1 Å². The molecule has 0 radical (unpaired) electrons. The number of hydrogen-bond donors (Lipinski definition) is 1. The Morgan fingerprint density at radius 2 is 2.03 bits per heavy atom. The minimum Gasteiger partial charge on any atom is -0.376 e. The lowest BCUT2D eigenvalue weighted by Crippen LogP contribution is -2.24. The van der Waals surface area contributed by atoms with Crippen molar-refractivity contribution >= 4 is 35.1 Å². The van der Waals surface area contributed by atoms with Crippen LogP contribution in [-0.2, 0) is 16.1 Å². The van der Waals surface area contributed by atoms with Crippen molar-refractivity contribution in [2.75, 3.05) is 11.9 Å². The Bertz CT molecular complexity index is 976. The van der Waals surface area contributed by atoms with E-state index in [2.05, 4.69) is 33.0 Å². The molecule has 1 N–H and O–H groups in total. The van der Waals surface area contributed by atoms with Crippen molar-refractivity contribution in [1.82, 2.24) is 20.2 Å². The van der Waals surface area contributed by atoms with Gasteiger partial charge in [-0.2, -0.15) is 0 Å². The third-order valence-electron chi connectivity index (χ3n) is 4.67. The highest BCUT2D eigenvalue weighted by Gasteiger charge is 2.22. The summed E-state index contributed by atoms with van der Waals surface area (Å²) in [4.78, 5) is 15.0. The van der Waals surface area contributed by atoms with Crippen LogP contribution in [0.25, 0.3) is 0 Å². The summed E-state index contributed by atoms with van der Waals surface area (Å²) in [5.41, 5.74) is 0.794. The van der Waals surface area contributed by atoms with Gasteiger partial charge in [0.15, 0.2) is 0 Å². The average Bonchev–Trinajstić information content (AvgIpc) is 3.43. The molecule has 0 spiro atoms. The van der Waals surface area contributed by atoms with Gasteiger partial charge in [0, 0.05) is 16.4 Å². The molecule has 2 aromatic carbocycles. The lowest BCUT2D eigenvalue weighted by Gasteiger charge is -2.15. The zero-order valence-corrected chi connectivity index (χ0v) is 18.2. The highest BCUT2D eigenvalue weighted by atomic mass is 32.2. The van der Waals surface area contributed by atoms with Gasteiger partial charge in [-0.3, -0.25) is 4.79 Å². The fourth-order valence-electron chi connectivity index (χ4n) is 3.10. The highest BCUT2D eigenvalue weighted by Crippen LogP contribution is 2.33. The molecule has 1 aliphatic heterocycles. The molecule has 0 saturated carbocycles. The van der Waals surface area contributed by atoms with Gasteiger partial charge in [0.05, 0.1) is 23.6 Å². The number of amides is 1. The summed E-state index contributed by atoms with van der Waals surface area (Å²) in [5, 5.41) is 15.2. The normalized spacial score (nSPS) is 17.0. The second-order valence-electron chi connectivity index (χ2n) is 6.94. The molecule has 1 aromatic heterocycles. The molecule has 156 valence electrons. The first kappa shape index (κ1) is 20.9. The van der Waals surface area contributed by atoms with Gasteiger partial charge >= 0.3 is 0 Å². The highest BCUT2D eigenvalue weighted by molar-refractivity contribution is 8.00. The van der Waals surface area contributed by atoms with Crippen LogP contribution in [0.1, 0.15) is 19.8 Å². The van der Waals surface area contributed by atoms with E-state index in [-0.39, 0.29) is 17.3 Å². The Morgan fingerprint density at radius 1 is 1.23 bits per heavy atom. The maximum Gasteiger partial charge on any atom is 0.237 e. The number of hydrogen-bond acceptors (Lipinski definition) is 7. The van der Waals surface area contributed by atoms with Crippen LogP contribution in [0.3, 0.4) is 0 Å². The van der Waals surface area contributed by atoms with Crippen molar-refractivity contribution in [3.63, 3.8) is 0 Å². The first-order valence-corrected chi connectivity index (χ1v) is 11.6.